The second-order valence-electron chi connectivity index (χ2n) is 6.43. The standard InChI is InChI=1S/C23H25NO/c1-18-8-10-21(11-9-18)17-25-23-14-12-20(13-15-23)16-24-19(2)22-6-4-3-5-7-22/h3-15,19,24H,16-17H2,1-2H3. The Labute approximate surface area is 150 Å². The van der Waals surface area contributed by atoms with Crippen molar-refractivity contribution >= 4 is 0 Å². The van der Waals surface area contributed by atoms with E-state index < -0.39 is 0 Å². The zero-order valence-electron chi connectivity index (χ0n) is 14.9. The first kappa shape index (κ1) is 17.2. The summed E-state index contributed by atoms with van der Waals surface area (Å²) in [7, 11) is 0. The van der Waals surface area contributed by atoms with Crippen LogP contribution in [0.2, 0.25) is 0 Å². The molecule has 128 valence electrons. The lowest BCUT2D eigenvalue weighted by atomic mass is 10.1. The smallest absolute Gasteiger partial charge is 0.119 e. The molecule has 0 saturated carbocycles. The van der Waals surface area contributed by atoms with Gasteiger partial charge in [0, 0.05) is 12.6 Å². The van der Waals surface area contributed by atoms with Crippen molar-refractivity contribution in [1.29, 1.82) is 0 Å². The van der Waals surface area contributed by atoms with Crippen molar-refractivity contribution in [3.05, 3.63) is 101 Å². The van der Waals surface area contributed by atoms with E-state index in [1.54, 1.807) is 0 Å². The molecule has 0 heterocycles. The van der Waals surface area contributed by atoms with E-state index >= 15 is 0 Å². The zero-order chi connectivity index (χ0) is 17.5. The van der Waals surface area contributed by atoms with E-state index in [9.17, 15) is 0 Å². The van der Waals surface area contributed by atoms with Crippen molar-refractivity contribution in [2.24, 2.45) is 0 Å². The van der Waals surface area contributed by atoms with E-state index in [4.69, 9.17) is 4.74 Å². The minimum atomic E-state index is 0.332. The maximum atomic E-state index is 5.86. The summed E-state index contributed by atoms with van der Waals surface area (Å²) in [4.78, 5) is 0. The third-order valence-electron chi connectivity index (χ3n) is 4.36. The van der Waals surface area contributed by atoms with E-state index in [0.29, 0.717) is 12.6 Å². The predicted octanol–water partition coefficient (Wildman–Crippen LogP) is 5.42. The first-order valence-corrected chi connectivity index (χ1v) is 8.76. The van der Waals surface area contributed by atoms with Gasteiger partial charge in [0.2, 0.25) is 0 Å². The largest absolute Gasteiger partial charge is 0.489 e. The highest BCUT2D eigenvalue weighted by atomic mass is 16.5. The molecule has 0 fully saturated rings. The Bertz CT molecular complexity index is 763. The number of rotatable bonds is 7. The molecule has 2 nitrogen and oxygen atoms in total. The van der Waals surface area contributed by atoms with Crippen LogP contribution in [-0.2, 0) is 13.2 Å². The SMILES string of the molecule is Cc1ccc(COc2ccc(CNC(C)c3ccccc3)cc2)cc1. The Morgan fingerprint density at radius 3 is 2.12 bits per heavy atom. The fourth-order valence-electron chi connectivity index (χ4n) is 2.69. The summed E-state index contributed by atoms with van der Waals surface area (Å²) >= 11 is 0. The molecule has 1 unspecified atom stereocenters. The lowest BCUT2D eigenvalue weighted by Crippen LogP contribution is -2.17. The van der Waals surface area contributed by atoms with Crippen LogP contribution < -0.4 is 10.1 Å². The topological polar surface area (TPSA) is 21.3 Å². The van der Waals surface area contributed by atoms with Gasteiger partial charge in [-0.25, -0.2) is 0 Å². The van der Waals surface area contributed by atoms with Gasteiger partial charge in [-0.15, -0.1) is 0 Å². The summed E-state index contributed by atoms with van der Waals surface area (Å²) in [6.07, 6.45) is 0. The second kappa shape index (κ2) is 8.50. The number of nitrogens with one attached hydrogen (secondary N) is 1. The summed E-state index contributed by atoms with van der Waals surface area (Å²) in [6, 6.07) is 27.6. The molecule has 1 N–H and O–H groups in total. The second-order valence-corrected chi connectivity index (χ2v) is 6.43. The summed E-state index contributed by atoms with van der Waals surface area (Å²) in [5.74, 6) is 0.903. The van der Waals surface area contributed by atoms with Crippen LogP contribution in [0.25, 0.3) is 0 Å². The third-order valence-corrected chi connectivity index (χ3v) is 4.36. The van der Waals surface area contributed by atoms with Crippen molar-refractivity contribution in [2.75, 3.05) is 0 Å². The van der Waals surface area contributed by atoms with E-state index in [2.05, 4.69) is 79.8 Å². The normalized spacial score (nSPS) is 11.9. The molecular weight excluding hydrogens is 306 g/mol. The number of ether oxygens (including phenoxy) is 1. The Kier molecular flexibility index (Phi) is 5.86. The monoisotopic (exact) mass is 331 g/mol. The summed E-state index contributed by atoms with van der Waals surface area (Å²) < 4.78 is 5.86. The maximum Gasteiger partial charge on any atom is 0.119 e. The average Bonchev–Trinajstić information content (AvgIpc) is 2.67. The van der Waals surface area contributed by atoms with Gasteiger partial charge in [0.15, 0.2) is 0 Å². The van der Waals surface area contributed by atoms with Gasteiger partial charge in [-0.05, 0) is 42.7 Å². The molecule has 0 spiro atoms. The molecular formula is C23H25NO. The van der Waals surface area contributed by atoms with Crippen molar-refractivity contribution in [1.82, 2.24) is 5.32 Å². The first-order valence-electron chi connectivity index (χ1n) is 8.76. The molecule has 0 saturated heterocycles. The Morgan fingerprint density at radius 2 is 1.44 bits per heavy atom. The van der Waals surface area contributed by atoms with Crippen LogP contribution in [0.15, 0.2) is 78.9 Å². The van der Waals surface area contributed by atoms with Gasteiger partial charge in [0.05, 0.1) is 0 Å². The molecule has 3 rings (SSSR count). The molecule has 2 heteroatoms. The van der Waals surface area contributed by atoms with Crippen molar-refractivity contribution in [3.8, 4) is 5.75 Å². The number of hydrogen-bond donors (Lipinski definition) is 1. The van der Waals surface area contributed by atoms with E-state index in [1.807, 2.05) is 18.2 Å². The minimum Gasteiger partial charge on any atom is -0.489 e. The Balaban J connectivity index is 1.49. The van der Waals surface area contributed by atoms with Crippen LogP contribution in [0.1, 0.15) is 35.2 Å². The van der Waals surface area contributed by atoms with Gasteiger partial charge in [-0.1, -0.05) is 72.3 Å². The Hall–Kier alpha value is -2.58. The quantitative estimate of drug-likeness (QED) is 0.624. The molecule has 0 radical (unpaired) electrons. The molecule has 0 aliphatic rings. The van der Waals surface area contributed by atoms with Gasteiger partial charge in [0.1, 0.15) is 12.4 Å². The predicted molar refractivity (Wildman–Crippen MR) is 104 cm³/mol. The van der Waals surface area contributed by atoms with Crippen LogP contribution in [0.5, 0.6) is 5.75 Å². The highest BCUT2D eigenvalue weighted by Gasteiger charge is 2.04. The summed E-state index contributed by atoms with van der Waals surface area (Å²) in [5, 5.41) is 3.56. The lowest BCUT2D eigenvalue weighted by molar-refractivity contribution is 0.306. The Morgan fingerprint density at radius 1 is 0.800 bits per heavy atom. The number of hydrogen-bond acceptors (Lipinski definition) is 2. The van der Waals surface area contributed by atoms with Crippen LogP contribution in [0, 0.1) is 6.92 Å². The summed E-state index contributed by atoms with van der Waals surface area (Å²) in [5.41, 5.74) is 5.02. The maximum absolute atomic E-state index is 5.86. The van der Waals surface area contributed by atoms with Gasteiger partial charge in [-0.3, -0.25) is 0 Å². The highest BCUT2D eigenvalue weighted by Crippen LogP contribution is 2.16. The minimum absolute atomic E-state index is 0.332. The van der Waals surface area contributed by atoms with Crippen molar-refractivity contribution in [2.45, 2.75) is 33.0 Å². The highest BCUT2D eigenvalue weighted by molar-refractivity contribution is 5.28. The average molecular weight is 331 g/mol. The van der Waals surface area contributed by atoms with Crippen LogP contribution >= 0.6 is 0 Å². The fraction of sp³-hybridized carbons (Fsp3) is 0.217. The molecule has 0 amide bonds. The molecule has 3 aromatic rings. The molecule has 25 heavy (non-hydrogen) atoms. The van der Waals surface area contributed by atoms with Crippen molar-refractivity contribution < 1.29 is 4.74 Å². The van der Waals surface area contributed by atoms with Gasteiger partial charge >= 0.3 is 0 Å². The first-order chi connectivity index (χ1) is 12.2. The molecule has 0 aliphatic heterocycles. The van der Waals surface area contributed by atoms with Crippen LogP contribution in [-0.4, -0.2) is 0 Å². The summed E-state index contributed by atoms with van der Waals surface area (Å²) in [6.45, 7) is 5.72. The van der Waals surface area contributed by atoms with Crippen molar-refractivity contribution in [3.63, 3.8) is 0 Å². The molecule has 0 aromatic heterocycles. The van der Waals surface area contributed by atoms with Crippen LogP contribution in [0.3, 0.4) is 0 Å². The zero-order valence-corrected chi connectivity index (χ0v) is 14.9. The van der Waals surface area contributed by atoms with Gasteiger partial charge in [0.25, 0.3) is 0 Å². The molecule has 3 aromatic carbocycles. The van der Waals surface area contributed by atoms with Crippen LogP contribution in [0.4, 0.5) is 0 Å². The number of benzene rings is 3. The molecule has 0 aliphatic carbocycles. The third kappa shape index (κ3) is 5.20. The lowest BCUT2D eigenvalue weighted by Gasteiger charge is -2.14. The van der Waals surface area contributed by atoms with E-state index in [0.717, 1.165) is 12.3 Å². The van der Waals surface area contributed by atoms with E-state index in [1.165, 1.54) is 22.3 Å². The fourth-order valence-corrected chi connectivity index (χ4v) is 2.69. The molecule has 0 bridgehead atoms. The van der Waals surface area contributed by atoms with Gasteiger partial charge in [-0.2, -0.15) is 0 Å². The van der Waals surface area contributed by atoms with Gasteiger partial charge < -0.3 is 10.1 Å². The van der Waals surface area contributed by atoms with E-state index in [-0.39, 0.29) is 0 Å². The molecule has 1 atom stereocenters. The number of aryl methyl sites for hydroxylation is 1.